The Balaban J connectivity index is 5.07. The number of aliphatic carboxylic acids is 1. The fourth-order valence-electron chi connectivity index (χ4n) is 3.37. The average molecular weight is 317 g/mol. The third-order valence-electron chi connectivity index (χ3n) is 4.63. The van der Waals surface area contributed by atoms with Crippen LogP contribution in [0.25, 0.3) is 0 Å². The summed E-state index contributed by atoms with van der Waals surface area (Å²) in [6.07, 6.45) is 10.8. The highest BCUT2D eigenvalue weighted by atomic mass is 28.2. The molecule has 0 aliphatic rings. The molecule has 0 heterocycles. The molecule has 1 N–H and O–H groups in total. The maximum atomic E-state index is 12.1. The number of unbranched alkanes of at least 4 members (excludes halogenated alkanes) is 4. The van der Waals surface area contributed by atoms with Gasteiger partial charge in [-0.15, -0.1) is 0 Å². The van der Waals surface area contributed by atoms with Crippen molar-refractivity contribution in [3.63, 3.8) is 0 Å². The zero-order valence-corrected chi connectivity index (χ0v) is 16.0. The predicted molar refractivity (Wildman–Crippen MR) is 92.6 cm³/mol. The maximum Gasteiger partial charge on any atom is 0.308 e. The Bertz CT molecular complexity index is 271. The predicted octanol–water partition coefficient (Wildman–Crippen LogP) is 4.54. The number of rotatable bonds is 14. The molecule has 0 aromatic heterocycles. The molecule has 2 atom stereocenters. The van der Waals surface area contributed by atoms with Crippen molar-refractivity contribution in [3.05, 3.63) is 0 Å². The lowest BCUT2D eigenvalue weighted by molar-refractivity contribution is -0.143. The Morgan fingerprint density at radius 1 is 1.05 bits per heavy atom. The summed E-state index contributed by atoms with van der Waals surface area (Å²) in [7, 11) is 0.645. The summed E-state index contributed by atoms with van der Waals surface area (Å²) in [4.78, 5) is 12.1. The van der Waals surface area contributed by atoms with Gasteiger partial charge < -0.3 is 9.53 Å². The van der Waals surface area contributed by atoms with Gasteiger partial charge in [0.15, 0.2) is 9.76 Å². The van der Waals surface area contributed by atoms with Crippen LogP contribution in [0.15, 0.2) is 0 Å². The molecule has 0 saturated carbocycles. The van der Waals surface area contributed by atoms with Crippen LogP contribution in [-0.2, 0) is 9.22 Å². The third kappa shape index (κ3) is 6.96. The van der Waals surface area contributed by atoms with Crippen molar-refractivity contribution >= 4 is 15.7 Å². The van der Waals surface area contributed by atoms with E-state index in [2.05, 4.69) is 20.8 Å². The number of hydrogen-bond donors (Lipinski definition) is 1. The first kappa shape index (κ1) is 20.6. The molecule has 0 saturated heterocycles. The van der Waals surface area contributed by atoms with Crippen molar-refractivity contribution in [1.29, 1.82) is 0 Å². The smallest absolute Gasteiger partial charge is 0.308 e. The van der Waals surface area contributed by atoms with Gasteiger partial charge in [-0.05, 0) is 25.2 Å². The Labute approximate surface area is 133 Å². The van der Waals surface area contributed by atoms with Crippen molar-refractivity contribution in [3.8, 4) is 0 Å². The van der Waals surface area contributed by atoms with Crippen molar-refractivity contribution < 1.29 is 14.3 Å². The lowest BCUT2D eigenvalue weighted by Gasteiger charge is -2.37. The topological polar surface area (TPSA) is 46.5 Å². The van der Waals surface area contributed by atoms with Crippen molar-refractivity contribution in [1.82, 2.24) is 0 Å². The Hall–Kier alpha value is -0.353. The van der Waals surface area contributed by atoms with Gasteiger partial charge >= 0.3 is 5.97 Å². The Morgan fingerprint density at radius 3 is 2.14 bits per heavy atom. The zero-order chi connectivity index (χ0) is 16.1. The van der Waals surface area contributed by atoms with Gasteiger partial charge in [-0.2, -0.15) is 0 Å². The van der Waals surface area contributed by atoms with Crippen LogP contribution in [0.1, 0.15) is 85.0 Å². The van der Waals surface area contributed by atoms with Crippen LogP contribution in [0.3, 0.4) is 0 Å². The van der Waals surface area contributed by atoms with E-state index in [-0.39, 0.29) is 0 Å². The fourth-order valence-corrected chi connectivity index (χ4v) is 5.05. The third-order valence-corrected chi connectivity index (χ3v) is 6.67. The van der Waals surface area contributed by atoms with Crippen molar-refractivity contribution in [2.45, 2.75) is 90.0 Å². The maximum absolute atomic E-state index is 12.1. The van der Waals surface area contributed by atoms with E-state index in [4.69, 9.17) is 4.43 Å². The molecule has 0 aliphatic carbocycles. The van der Waals surface area contributed by atoms with E-state index in [1.807, 2.05) is 0 Å². The molecule has 0 aromatic rings. The molecule has 0 bridgehead atoms. The molecule has 0 fully saturated rings. The molecule has 21 heavy (non-hydrogen) atoms. The summed E-state index contributed by atoms with van der Waals surface area (Å²) in [5.41, 5.74) is 0. The number of carboxylic acids is 1. The van der Waals surface area contributed by atoms with Gasteiger partial charge in [-0.25, -0.2) is 0 Å². The highest BCUT2D eigenvalue weighted by molar-refractivity contribution is 6.40. The second kappa shape index (κ2) is 12.2. The van der Waals surface area contributed by atoms with Gasteiger partial charge in [-0.1, -0.05) is 65.7 Å². The second-order valence-corrected chi connectivity index (χ2v) is 8.46. The molecular formula is C17H36O3Si. The summed E-state index contributed by atoms with van der Waals surface area (Å²) >= 11 is 0. The van der Waals surface area contributed by atoms with Crippen LogP contribution in [0.5, 0.6) is 0 Å². The lowest BCUT2D eigenvalue weighted by atomic mass is 9.80. The average Bonchev–Trinajstić information content (AvgIpc) is 2.45. The van der Waals surface area contributed by atoms with E-state index in [1.165, 1.54) is 12.8 Å². The summed E-state index contributed by atoms with van der Waals surface area (Å²) < 4.78 is 5.49. The number of hydrogen-bond acceptors (Lipinski definition) is 2. The van der Waals surface area contributed by atoms with Gasteiger partial charge in [0.1, 0.15) is 0 Å². The summed E-state index contributed by atoms with van der Waals surface area (Å²) in [6.45, 7) is 6.53. The molecule has 0 amide bonds. The van der Waals surface area contributed by atoms with Gasteiger partial charge in [0, 0.05) is 7.11 Å². The molecule has 2 unspecified atom stereocenters. The van der Waals surface area contributed by atoms with Crippen LogP contribution < -0.4 is 0 Å². The van der Waals surface area contributed by atoms with Crippen molar-refractivity contribution in [2.75, 3.05) is 7.11 Å². The van der Waals surface area contributed by atoms with Gasteiger partial charge in [0.2, 0.25) is 0 Å². The molecule has 0 spiro atoms. The molecule has 0 aliphatic heterocycles. The van der Waals surface area contributed by atoms with Crippen LogP contribution in [0, 0.1) is 5.92 Å². The normalized spacial score (nSPS) is 16.2. The van der Waals surface area contributed by atoms with Crippen molar-refractivity contribution in [2.24, 2.45) is 5.92 Å². The molecule has 126 valence electrons. The van der Waals surface area contributed by atoms with E-state index in [0.29, 0.717) is 5.92 Å². The minimum atomic E-state index is -1.05. The lowest BCUT2D eigenvalue weighted by Crippen LogP contribution is -2.38. The quantitative estimate of drug-likeness (QED) is 0.378. The first-order chi connectivity index (χ1) is 10.1. The van der Waals surface area contributed by atoms with E-state index in [1.54, 1.807) is 7.11 Å². The van der Waals surface area contributed by atoms with E-state index >= 15 is 0 Å². The first-order valence-corrected chi connectivity index (χ1v) is 10.1. The summed E-state index contributed by atoms with van der Waals surface area (Å²) in [5.74, 6) is -0.294. The highest BCUT2D eigenvalue weighted by Gasteiger charge is 2.45. The highest BCUT2D eigenvalue weighted by Crippen LogP contribution is 2.46. The molecular weight excluding hydrogens is 280 g/mol. The second-order valence-electron chi connectivity index (χ2n) is 6.33. The SMILES string of the molecule is CCCCCC(CCC)C(CCCCC)([SiH2]OC)C(=O)O. The Kier molecular flexibility index (Phi) is 12.0. The fraction of sp³-hybridized carbons (Fsp3) is 0.941. The minimum Gasteiger partial charge on any atom is -0.481 e. The minimum absolute atomic E-state index is 0.301. The van der Waals surface area contributed by atoms with Gasteiger partial charge in [0.05, 0.1) is 5.04 Å². The number of carboxylic acid groups (broad SMARTS) is 1. The van der Waals surface area contributed by atoms with E-state index in [9.17, 15) is 9.90 Å². The van der Waals surface area contributed by atoms with Crippen LogP contribution >= 0.6 is 0 Å². The Morgan fingerprint density at radius 2 is 1.67 bits per heavy atom. The molecule has 4 heteroatoms. The van der Waals surface area contributed by atoms with E-state index in [0.717, 1.165) is 51.4 Å². The number of carbonyl (C=O) groups is 1. The van der Waals surface area contributed by atoms with Crippen LogP contribution in [-0.4, -0.2) is 27.9 Å². The summed E-state index contributed by atoms with van der Waals surface area (Å²) in [6, 6.07) is 0. The van der Waals surface area contributed by atoms with Crippen LogP contribution in [0.4, 0.5) is 0 Å². The zero-order valence-electron chi connectivity index (χ0n) is 14.6. The van der Waals surface area contributed by atoms with E-state index < -0.39 is 20.8 Å². The van der Waals surface area contributed by atoms with Crippen LogP contribution in [0.2, 0.25) is 5.04 Å². The van der Waals surface area contributed by atoms with Gasteiger partial charge in [0.25, 0.3) is 0 Å². The first-order valence-electron chi connectivity index (χ1n) is 8.81. The summed E-state index contributed by atoms with van der Waals surface area (Å²) in [5, 5.41) is 9.41. The monoisotopic (exact) mass is 316 g/mol. The molecule has 0 radical (unpaired) electrons. The molecule has 0 rings (SSSR count). The molecule has 3 nitrogen and oxygen atoms in total. The van der Waals surface area contributed by atoms with Gasteiger partial charge in [-0.3, -0.25) is 4.79 Å². The molecule has 0 aromatic carbocycles. The largest absolute Gasteiger partial charge is 0.481 e. The standard InChI is InChI=1S/C17H36O3Si/c1-5-8-10-13-15(12-7-3)17(16(18)19,21-20-4)14-11-9-6-2/h15H,5-14,21H2,1-4H3,(H,18,19).